The van der Waals surface area contributed by atoms with Crippen LogP contribution in [0.15, 0.2) is 21.9 Å². The summed E-state index contributed by atoms with van der Waals surface area (Å²) in [6.07, 6.45) is 4.36. The molecular formula is C13H21ClN4O3. The Hall–Kier alpha value is -1.60. The molecule has 1 fully saturated rings. The second-order valence-corrected chi connectivity index (χ2v) is 5.22. The molecule has 0 aromatic carbocycles. The van der Waals surface area contributed by atoms with Crippen molar-refractivity contribution in [3.05, 3.63) is 33.1 Å². The van der Waals surface area contributed by atoms with E-state index < -0.39 is 5.69 Å². The van der Waals surface area contributed by atoms with Crippen molar-refractivity contribution in [2.45, 2.75) is 31.8 Å². The van der Waals surface area contributed by atoms with E-state index in [2.05, 4.69) is 5.32 Å². The molecule has 0 saturated heterocycles. The minimum Gasteiger partial charge on any atom is -0.351 e. The quantitative estimate of drug-likeness (QED) is 0.760. The molecule has 1 amide bonds. The lowest BCUT2D eigenvalue weighted by Gasteiger charge is -2.19. The van der Waals surface area contributed by atoms with Crippen LogP contribution in [0.25, 0.3) is 0 Å². The van der Waals surface area contributed by atoms with Gasteiger partial charge >= 0.3 is 5.69 Å². The summed E-state index contributed by atoms with van der Waals surface area (Å²) in [6, 6.07) is 1.36. The fraction of sp³-hybridized carbons (Fsp3) is 0.615. The molecule has 2 atom stereocenters. The lowest BCUT2D eigenvalue weighted by Crippen LogP contribution is -2.44. The van der Waals surface area contributed by atoms with Gasteiger partial charge in [-0.25, -0.2) is 4.79 Å². The second-order valence-electron chi connectivity index (χ2n) is 5.22. The second kappa shape index (κ2) is 7.42. The monoisotopic (exact) mass is 316 g/mol. The zero-order chi connectivity index (χ0) is 14.7. The molecule has 0 bridgehead atoms. The van der Waals surface area contributed by atoms with E-state index in [0.717, 1.165) is 23.8 Å². The molecule has 1 heterocycles. The summed E-state index contributed by atoms with van der Waals surface area (Å²) in [7, 11) is 1.39. The number of hydrogen-bond donors (Lipinski definition) is 2. The molecule has 7 nitrogen and oxygen atoms in total. The van der Waals surface area contributed by atoms with Crippen LogP contribution in [0.2, 0.25) is 0 Å². The molecule has 1 aliphatic carbocycles. The minimum absolute atomic E-state index is 0. The Balaban J connectivity index is 0.00000220. The highest BCUT2D eigenvalue weighted by atomic mass is 35.5. The molecule has 0 spiro atoms. The first-order valence-corrected chi connectivity index (χ1v) is 6.79. The average molecular weight is 317 g/mol. The van der Waals surface area contributed by atoms with Gasteiger partial charge in [0.15, 0.2) is 0 Å². The first-order chi connectivity index (χ1) is 9.52. The number of halogens is 1. The smallest absolute Gasteiger partial charge is 0.331 e. The zero-order valence-electron chi connectivity index (χ0n) is 11.9. The molecule has 1 saturated carbocycles. The van der Waals surface area contributed by atoms with Crippen molar-refractivity contribution in [2.75, 3.05) is 6.54 Å². The van der Waals surface area contributed by atoms with Crippen molar-refractivity contribution in [1.29, 1.82) is 0 Å². The Labute approximate surface area is 128 Å². The molecule has 3 N–H and O–H groups in total. The third kappa shape index (κ3) is 3.95. The first-order valence-electron chi connectivity index (χ1n) is 6.79. The SMILES string of the molecule is Cl.Cn1c(=O)ccn(CC(=O)NC2CCCC2CN)c1=O. The summed E-state index contributed by atoms with van der Waals surface area (Å²) in [4.78, 5) is 35.1. The lowest BCUT2D eigenvalue weighted by atomic mass is 10.0. The number of carbonyl (C=O) groups is 1. The van der Waals surface area contributed by atoms with E-state index in [9.17, 15) is 14.4 Å². The standard InChI is InChI=1S/C13H20N4O3.ClH/c1-16-12(19)5-6-17(13(16)20)8-11(18)15-10-4-2-3-9(10)7-14;/h5-6,9-10H,2-4,7-8,14H2,1H3,(H,15,18);1H. The highest BCUT2D eigenvalue weighted by Crippen LogP contribution is 2.24. The highest BCUT2D eigenvalue weighted by Gasteiger charge is 2.27. The van der Waals surface area contributed by atoms with Gasteiger partial charge in [0.2, 0.25) is 5.91 Å². The molecule has 1 aromatic heterocycles. The predicted molar refractivity (Wildman–Crippen MR) is 81.5 cm³/mol. The van der Waals surface area contributed by atoms with Gasteiger partial charge in [-0.1, -0.05) is 6.42 Å². The van der Waals surface area contributed by atoms with Gasteiger partial charge in [0.1, 0.15) is 6.54 Å². The predicted octanol–water partition coefficient (Wildman–Crippen LogP) is -0.788. The van der Waals surface area contributed by atoms with Crippen LogP contribution in [0, 0.1) is 5.92 Å². The van der Waals surface area contributed by atoms with Crippen LogP contribution in [0.4, 0.5) is 0 Å². The maximum absolute atomic E-state index is 12.0. The van der Waals surface area contributed by atoms with Gasteiger partial charge in [0.05, 0.1) is 0 Å². The summed E-state index contributed by atoms with van der Waals surface area (Å²) in [5.41, 5.74) is 4.79. The molecule has 1 aromatic rings. The topological polar surface area (TPSA) is 99.1 Å². The number of amides is 1. The Morgan fingerprint density at radius 3 is 2.81 bits per heavy atom. The van der Waals surface area contributed by atoms with Crippen molar-refractivity contribution >= 4 is 18.3 Å². The number of carbonyl (C=O) groups excluding carboxylic acids is 1. The number of nitrogens with one attached hydrogen (secondary N) is 1. The zero-order valence-corrected chi connectivity index (χ0v) is 12.8. The fourth-order valence-corrected chi connectivity index (χ4v) is 2.65. The number of nitrogens with two attached hydrogens (primary N) is 1. The van der Waals surface area contributed by atoms with E-state index in [1.807, 2.05) is 0 Å². The minimum atomic E-state index is -0.491. The van der Waals surface area contributed by atoms with E-state index in [0.29, 0.717) is 12.5 Å². The molecule has 2 rings (SSSR count). The van der Waals surface area contributed by atoms with Crippen LogP contribution in [0.5, 0.6) is 0 Å². The van der Waals surface area contributed by atoms with Crippen molar-refractivity contribution < 1.29 is 4.79 Å². The maximum Gasteiger partial charge on any atom is 0.331 e. The highest BCUT2D eigenvalue weighted by molar-refractivity contribution is 5.85. The van der Waals surface area contributed by atoms with Gasteiger partial charge in [-0.05, 0) is 25.3 Å². The molecule has 0 radical (unpaired) electrons. The summed E-state index contributed by atoms with van der Waals surface area (Å²) in [5.74, 6) is 0.0897. The van der Waals surface area contributed by atoms with Crippen molar-refractivity contribution in [2.24, 2.45) is 18.7 Å². The molecule has 21 heavy (non-hydrogen) atoms. The van der Waals surface area contributed by atoms with Gasteiger partial charge in [-0.2, -0.15) is 0 Å². The third-order valence-electron chi connectivity index (χ3n) is 3.88. The molecule has 8 heteroatoms. The van der Waals surface area contributed by atoms with Gasteiger partial charge < -0.3 is 11.1 Å². The Kier molecular flexibility index (Phi) is 6.17. The summed E-state index contributed by atoms with van der Waals surface area (Å²) < 4.78 is 2.20. The lowest BCUT2D eigenvalue weighted by molar-refractivity contribution is -0.122. The van der Waals surface area contributed by atoms with Gasteiger partial charge in [-0.3, -0.25) is 18.7 Å². The first kappa shape index (κ1) is 17.5. The molecule has 1 aliphatic rings. The van der Waals surface area contributed by atoms with Crippen LogP contribution >= 0.6 is 12.4 Å². The van der Waals surface area contributed by atoms with Crippen LogP contribution < -0.4 is 22.3 Å². The molecule has 118 valence electrons. The van der Waals surface area contributed by atoms with Gasteiger partial charge in [0.25, 0.3) is 5.56 Å². The third-order valence-corrected chi connectivity index (χ3v) is 3.88. The fourth-order valence-electron chi connectivity index (χ4n) is 2.65. The van der Waals surface area contributed by atoms with E-state index in [1.54, 1.807) is 0 Å². The van der Waals surface area contributed by atoms with Crippen molar-refractivity contribution in [3.63, 3.8) is 0 Å². The van der Waals surface area contributed by atoms with Crippen molar-refractivity contribution in [3.8, 4) is 0 Å². The van der Waals surface area contributed by atoms with E-state index in [4.69, 9.17) is 5.73 Å². The molecule has 2 unspecified atom stereocenters. The van der Waals surface area contributed by atoms with E-state index in [1.165, 1.54) is 23.9 Å². The largest absolute Gasteiger partial charge is 0.351 e. The van der Waals surface area contributed by atoms with Crippen LogP contribution in [-0.2, 0) is 18.4 Å². The Morgan fingerprint density at radius 2 is 2.14 bits per heavy atom. The van der Waals surface area contributed by atoms with E-state index in [-0.39, 0.29) is 36.5 Å². The van der Waals surface area contributed by atoms with Crippen molar-refractivity contribution in [1.82, 2.24) is 14.5 Å². The van der Waals surface area contributed by atoms with Crippen LogP contribution in [0.1, 0.15) is 19.3 Å². The van der Waals surface area contributed by atoms with Crippen LogP contribution in [0.3, 0.4) is 0 Å². The number of rotatable bonds is 4. The summed E-state index contributed by atoms with van der Waals surface area (Å²) in [5, 5.41) is 2.92. The van der Waals surface area contributed by atoms with Gasteiger partial charge in [-0.15, -0.1) is 12.4 Å². The normalized spacial score (nSPS) is 20.9. The Bertz CT molecular complexity index is 610. The number of hydrogen-bond acceptors (Lipinski definition) is 4. The summed E-state index contributed by atoms with van der Waals surface area (Å²) >= 11 is 0. The van der Waals surface area contributed by atoms with Gasteiger partial charge in [0, 0.05) is 25.4 Å². The number of aromatic nitrogens is 2. The van der Waals surface area contributed by atoms with E-state index >= 15 is 0 Å². The average Bonchev–Trinajstić information content (AvgIpc) is 2.86. The van der Waals surface area contributed by atoms with Crippen LogP contribution in [-0.4, -0.2) is 27.6 Å². The maximum atomic E-state index is 12.0. The molecule has 0 aliphatic heterocycles. The Morgan fingerprint density at radius 1 is 1.43 bits per heavy atom. The molecular weight excluding hydrogens is 296 g/mol. The summed E-state index contributed by atoms with van der Waals surface area (Å²) in [6.45, 7) is 0.478. The number of nitrogens with zero attached hydrogens (tertiary/aromatic N) is 2.